The summed E-state index contributed by atoms with van der Waals surface area (Å²) in [6.07, 6.45) is 1.60. The highest BCUT2D eigenvalue weighted by Gasteiger charge is 2.24. The Kier molecular flexibility index (Phi) is 4.42. The van der Waals surface area contributed by atoms with Crippen LogP contribution in [0.5, 0.6) is 0 Å². The number of hydrogen-bond acceptors (Lipinski definition) is 5. The second-order valence-electron chi connectivity index (χ2n) is 4.65. The maximum Gasteiger partial charge on any atom is 0.150 e. The molecule has 1 aliphatic rings. The molecule has 1 saturated heterocycles. The molecule has 0 amide bonds. The quantitative estimate of drug-likeness (QED) is 0.848. The summed E-state index contributed by atoms with van der Waals surface area (Å²) in [4.78, 5) is 4.20. The molecule has 1 N–H and O–H groups in total. The summed E-state index contributed by atoms with van der Waals surface area (Å²) in [5, 5.41) is 12.1. The third-order valence-corrected chi connectivity index (χ3v) is 5.43. The second-order valence-corrected chi connectivity index (χ2v) is 7.69. The van der Waals surface area contributed by atoms with E-state index in [4.69, 9.17) is 5.26 Å². The first kappa shape index (κ1) is 14.3. The van der Waals surface area contributed by atoms with E-state index in [9.17, 15) is 8.42 Å². The van der Waals surface area contributed by atoms with E-state index in [2.05, 4.69) is 32.3 Å². The van der Waals surface area contributed by atoms with Gasteiger partial charge >= 0.3 is 0 Å². The lowest BCUT2D eigenvalue weighted by Crippen LogP contribution is -2.30. The molecule has 102 valence electrons. The molecule has 0 radical (unpaired) electrons. The van der Waals surface area contributed by atoms with Gasteiger partial charge in [-0.2, -0.15) is 5.26 Å². The molecule has 1 fully saturated rings. The number of nitrogens with one attached hydrogen (secondary N) is 1. The first-order valence-electron chi connectivity index (χ1n) is 6.01. The molecule has 1 aromatic heterocycles. The van der Waals surface area contributed by atoms with Crippen molar-refractivity contribution in [1.82, 2.24) is 4.98 Å². The van der Waals surface area contributed by atoms with Crippen LogP contribution in [0.2, 0.25) is 0 Å². The van der Waals surface area contributed by atoms with E-state index in [0.717, 1.165) is 6.42 Å². The smallest absolute Gasteiger partial charge is 0.150 e. The van der Waals surface area contributed by atoms with Crippen molar-refractivity contribution < 1.29 is 8.42 Å². The van der Waals surface area contributed by atoms with E-state index < -0.39 is 9.84 Å². The zero-order chi connectivity index (χ0) is 13.9. The van der Waals surface area contributed by atoms with Gasteiger partial charge in [0.1, 0.15) is 16.5 Å². The Hall–Kier alpha value is -1.13. The fraction of sp³-hybridized carbons (Fsp3) is 0.500. The van der Waals surface area contributed by atoms with Crippen LogP contribution in [0.15, 0.2) is 16.7 Å². The van der Waals surface area contributed by atoms with Crippen molar-refractivity contribution >= 4 is 31.6 Å². The van der Waals surface area contributed by atoms with Gasteiger partial charge in [0.15, 0.2) is 9.84 Å². The van der Waals surface area contributed by atoms with Gasteiger partial charge in [-0.1, -0.05) is 0 Å². The Morgan fingerprint density at radius 2 is 2.32 bits per heavy atom. The van der Waals surface area contributed by atoms with Gasteiger partial charge < -0.3 is 5.32 Å². The molecular weight excluding hydrogens is 330 g/mol. The normalized spacial score (nSPS) is 21.6. The van der Waals surface area contributed by atoms with Crippen LogP contribution >= 0.6 is 15.9 Å². The fourth-order valence-electron chi connectivity index (χ4n) is 2.18. The summed E-state index contributed by atoms with van der Waals surface area (Å²) in [5.41, 5.74) is 0.460. The van der Waals surface area contributed by atoms with E-state index in [1.165, 1.54) is 0 Å². The predicted octanol–water partition coefficient (Wildman–Crippen LogP) is 1.95. The van der Waals surface area contributed by atoms with E-state index in [0.29, 0.717) is 34.7 Å². The van der Waals surface area contributed by atoms with Crippen LogP contribution in [0.25, 0.3) is 0 Å². The van der Waals surface area contributed by atoms with Crippen LogP contribution in [0.3, 0.4) is 0 Å². The van der Waals surface area contributed by atoms with Crippen molar-refractivity contribution in [2.24, 2.45) is 5.92 Å². The molecule has 0 saturated carbocycles. The van der Waals surface area contributed by atoms with Crippen LogP contribution in [0, 0.1) is 17.2 Å². The van der Waals surface area contributed by atoms with Crippen molar-refractivity contribution in [3.63, 3.8) is 0 Å². The summed E-state index contributed by atoms with van der Waals surface area (Å²) in [5.74, 6) is 1.10. The molecule has 0 spiro atoms. The van der Waals surface area contributed by atoms with Crippen LogP contribution in [-0.4, -0.2) is 31.5 Å². The first-order chi connectivity index (χ1) is 9.00. The third-order valence-electron chi connectivity index (χ3n) is 3.10. The molecular formula is C12H14BrN3O2S. The lowest BCUT2D eigenvalue weighted by Gasteiger charge is -2.22. The molecule has 1 aliphatic heterocycles. The number of sulfone groups is 1. The summed E-state index contributed by atoms with van der Waals surface area (Å²) >= 11 is 3.25. The molecule has 19 heavy (non-hydrogen) atoms. The summed E-state index contributed by atoms with van der Waals surface area (Å²) < 4.78 is 23.7. The van der Waals surface area contributed by atoms with Gasteiger partial charge in [0.2, 0.25) is 0 Å². The first-order valence-corrected chi connectivity index (χ1v) is 8.62. The number of hydrogen-bond donors (Lipinski definition) is 1. The molecule has 5 nitrogen and oxygen atoms in total. The SMILES string of the molecule is N#Cc1ccc(Br)nc1NCC1CCCS(=O)(=O)C1. The Morgan fingerprint density at radius 1 is 1.53 bits per heavy atom. The highest BCUT2D eigenvalue weighted by Crippen LogP contribution is 2.21. The van der Waals surface area contributed by atoms with Crippen molar-refractivity contribution in [1.29, 1.82) is 5.26 Å². The zero-order valence-electron chi connectivity index (χ0n) is 10.3. The predicted molar refractivity (Wildman–Crippen MR) is 76.5 cm³/mol. The van der Waals surface area contributed by atoms with Gasteiger partial charge in [-0.25, -0.2) is 13.4 Å². The monoisotopic (exact) mass is 343 g/mol. The number of nitrogens with zero attached hydrogens (tertiary/aromatic N) is 2. The average molecular weight is 344 g/mol. The van der Waals surface area contributed by atoms with Crippen molar-refractivity contribution in [2.45, 2.75) is 12.8 Å². The number of rotatable bonds is 3. The Morgan fingerprint density at radius 3 is 3.00 bits per heavy atom. The third kappa shape index (κ3) is 3.91. The summed E-state index contributed by atoms with van der Waals surface area (Å²) in [6.45, 7) is 0.525. The van der Waals surface area contributed by atoms with Crippen molar-refractivity contribution in [3.05, 3.63) is 22.3 Å². The van der Waals surface area contributed by atoms with Gasteiger partial charge in [0.25, 0.3) is 0 Å². The molecule has 0 aliphatic carbocycles. The van der Waals surface area contributed by atoms with Gasteiger partial charge in [0, 0.05) is 6.54 Å². The lowest BCUT2D eigenvalue weighted by molar-refractivity contribution is 0.501. The van der Waals surface area contributed by atoms with E-state index in [-0.39, 0.29) is 11.7 Å². The Labute approximate surface area is 121 Å². The maximum atomic E-state index is 11.5. The minimum absolute atomic E-state index is 0.0890. The van der Waals surface area contributed by atoms with Crippen LogP contribution in [-0.2, 0) is 9.84 Å². The molecule has 2 heterocycles. The standard InChI is InChI=1S/C12H14BrN3O2S/c13-11-4-3-10(6-14)12(16-11)15-7-9-2-1-5-19(17,18)8-9/h3-4,9H,1-2,5,7-8H2,(H,15,16). The van der Waals surface area contributed by atoms with Gasteiger partial charge in [-0.3, -0.25) is 0 Å². The van der Waals surface area contributed by atoms with Crippen molar-refractivity contribution in [3.8, 4) is 6.07 Å². The molecule has 0 aromatic carbocycles. The number of anilines is 1. The summed E-state index contributed by atoms with van der Waals surface area (Å²) in [6, 6.07) is 5.44. The molecule has 7 heteroatoms. The Balaban J connectivity index is 2.03. The molecule has 1 aromatic rings. The number of halogens is 1. The van der Waals surface area contributed by atoms with E-state index >= 15 is 0 Å². The maximum absolute atomic E-state index is 11.5. The average Bonchev–Trinajstić information content (AvgIpc) is 2.35. The van der Waals surface area contributed by atoms with Crippen molar-refractivity contribution in [2.75, 3.05) is 23.4 Å². The highest BCUT2D eigenvalue weighted by atomic mass is 79.9. The Bertz CT molecular complexity index is 610. The van der Waals surface area contributed by atoms with Gasteiger partial charge in [-0.15, -0.1) is 0 Å². The largest absolute Gasteiger partial charge is 0.369 e. The van der Waals surface area contributed by atoms with Gasteiger partial charge in [-0.05, 0) is 46.8 Å². The summed E-state index contributed by atoms with van der Waals surface area (Å²) in [7, 11) is -2.89. The number of aromatic nitrogens is 1. The zero-order valence-corrected chi connectivity index (χ0v) is 12.7. The molecule has 0 bridgehead atoms. The highest BCUT2D eigenvalue weighted by molar-refractivity contribution is 9.10. The van der Waals surface area contributed by atoms with Gasteiger partial charge in [0.05, 0.1) is 17.1 Å². The lowest BCUT2D eigenvalue weighted by atomic mass is 10.1. The van der Waals surface area contributed by atoms with Crippen LogP contribution in [0.4, 0.5) is 5.82 Å². The molecule has 2 rings (SSSR count). The minimum Gasteiger partial charge on any atom is -0.369 e. The second kappa shape index (κ2) is 5.88. The van der Waals surface area contributed by atoms with Crippen LogP contribution < -0.4 is 5.32 Å². The van der Waals surface area contributed by atoms with E-state index in [1.54, 1.807) is 12.1 Å². The van der Waals surface area contributed by atoms with E-state index in [1.807, 2.05) is 0 Å². The fourth-order valence-corrected chi connectivity index (χ4v) is 4.27. The molecule has 1 atom stereocenters. The molecule has 1 unspecified atom stereocenters. The minimum atomic E-state index is -2.89. The topological polar surface area (TPSA) is 82.8 Å². The van der Waals surface area contributed by atoms with Crippen LogP contribution in [0.1, 0.15) is 18.4 Å². The number of pyridine rings is 1. The number of nitriles is 1.